The Morgan fingerprint density at radius 1 is 1.11 bits per heavy atom. The normalized spacial score (nSPS) is 23.3. The molecule has 3 rings (SSSR count). The Kier molecular flexibility index (Phi) is 6.15. The van der Waals surface area contributed by atoms with E-state index in [0.29, 0.717) is 19.4 Å². The van der Waals surface area contributed by atoms with Crippen LogP contribution in [-0.2, 0) is 23.9 Å². The van der Waals surface area contributed by atoms with E-state index in [-0.39, 0.29) is 24.3 Å². The van der Waals surface area contributed by atoms with Crippen LogP contribution in [0.5, 0.6) is 0 Å². The van der Waals surface area contributed by atoms with Crippen LogP contribution in [0, 0.1) is 11.8 Å². The number of rotatable bonds is 10. The van der Waals surface area contributed by atoms with Gasteiger partial charge in [-0.2, -0.15) is 0 Å². The molecule has 0 aromatic heterocycles. The van der Waals surface area contributed by atoms with Crippen LogP contribution >= 0.6 is 0 Å². The van der Waals surface area contributed by atoms with Crippen LogP contribution in [0.2, 0.25) is 0 Å². The van der Waals surface area contributed by atoms with E-state index in [4.69, 9.17) is 10.5 Å². The lowest BCUT2D eigenvalue weighted by molar-refractivity contribution is -0.142. The monoisotopic (exact) mass is 394 g/mol. The van der Waals surface area contributed by atoms with Gasteiger partial charge in [-0.1, -0.05) is 12.8 Å². The summed E-state index contributed by atoms with van der Waals surface area (Å²) in [6.07, 6.45) is 2.14. The Bertz CT molecular complexity index is 673. The van der Waals surface area contributed by atoms with Crippen molar-refractivity contribution in [3.8, 4) is 0 Å². The van der Waals surface area contributed by atoms with Gasteiger partial charge in [0, 0.05) is 18.5 Å². The van der Waals surface area contributed by atoms with E-state index in [1.165, 1.54) is 0 Å². The zero-order chi connectivity index (χ0) is 20.3. The van der Waals surface area contributed by atoms with Gasteiger partial charge in [0.05, 0.1) is 6.04 Å². The quantitative estimate of drug-likeness (QED) is 0.352. The lowest BCUT2D eigenvalue weighted by atomic mass is 9.95. The highest BCUT2D eigenvalue weighted by molar-refractivity contribution is 6.38. The van der Waals surface area contributed by atoms with Crippen molar-refractivity contribution in [2.45, 2.75) is 63.1 Å². The van der Waals surface area contributed by atoms with Crippen LogP contribution < -0.4 is 21.7 Å². The zero-order valence-corrected chi connectivity index (χ0v) is 15.6. The summed E-state index contributed by atoms with van der Waals surface area (Å²) < 4.78 is 4.91. The average Bonchev–Trinajstić information content (AvgIpc) is 3.55. The van der Waals surface area contributed by atoms with Crippen molar-refractivity contribution < 1.29 is 28.7 Å². The maximum Gasteiger partial charge on any atom is 0.405 e. The number of carbonyl (C=O) groups excluding carboxylic acids is 5. The number of carbonyl (C=O) groups is 5. The lowest BCUT2D eigenvalue weighted by Crippen LogP contribution is -2.52. The van der Waals surface area contributed by atoms with Gasteiger partial charge in [-0.3, -0.25) is 19.2 Å². The molecule has 154 valence electrons. The second kappa shape index (κ2) is 8.57. The van der Waals surface area contributed by atoms with Gasteiger partial charge in [0.2, 0.25) is 11.7 Å². The molecule has 4 amide bonds. The molecule has 1 saturated heterocycles. The summed E-state index contributed by atoms with van der Waals surface area (Å²) in [7, 11) is 0. The van der Waals surface area contributed by atoms with Crippen molar-refractivity contribution >= 4 is 29.6 Å². The second-order valence-electron chi connectivity index (χ2n) is 7.79. The summed E-state index contributed by atoms with van der Waals surface area (Å²) in [5, 5.41) is 7.79. The molecular weight excluding hydrogens is 368 g/mol. The average molecular weight is 394 g/mol. The van der Waals surface area contributed by atoms with Gasteiger partial charge in [-0.25, -0.2) is 4.79 Å². The van der Waals surface area contributed by atoms with E-state index >= 15 is 0 Å². The molecule has 10 nitrogen and oxygen atoms in total. The predicted octanol–water partition coefficient (Wildman–Crippen LogP) is -0.891. The van der Waals surface area contributed by atoms with Crippen molar-refractivity contribution in [1.82, 2.24) is 16.0 Å². The number of ether oxygens (including phenoxy) is 1. The van der Waals surface area contributed by atoms with Crippen molar-refractivity contribution in [2.75, 3.05) is 6.54 Å². The third-order valence-corrected chi connectivity index (χ3v) is 5.25. The van der Waals surface area contributed by atoms with E-state index in [1.807, 2.05) is 0 Å². The SMILES string of the molecule is NC(=O)OC(CC1CC1)C(=O)NC(C[C@@H]1CCNC1=O)C(=O)C(=O)NC1CC1. The highest BCUT2D eigenvalue weighted by atomic mass is 16.6. The summed E-state index contributed by atoms with van der Waals surface area (Å²) in [5.74, 6) is -2.67. The summed E-state index contributed by atoms with van der Waals surface area (Å²) in [5.41, 5.74) is 5.05. The van der Waals surface area contributed by atoms with Crippen LogP contribution in [0.25, 0.3) is 0 Å². The van der Waals surface area contributed by atoms with Gasteiger partial charge in [0.1, 0.15) is 0 Å². The first-order valence-corrected chi connectivity index (χ1v) is 9.72. The molecule has 28 heavy (non-hydrogen) atoms. The Hall–Kier alpha value is -2.65. The van der Waals surface area contributed by atoms with E-state index in [0.717, 1.165) is 25.7 Å². The molecule has 3 atom stereocenters. The minimum absolute atomic E-state index is 0.0107. The van der Waals surface area contributed by atoms with Crippen molar-refractivity contribution in [3.05, 3.63) is 0 Å². The molecular formula is C18H26N4O6. The second-order valence-corrected chi connectivity index (χ2v) is 7.79. The number of ketones is 1. The number of Topliss-reactive ketones (excluding diaryl/α,β-unsaturated/α-hetero) is 1. The molecule has 2 unspecified atom stereocenters. The highest BCUT2D eigenvalue weighted by Gasteiger charge is 2.38. The Morgan fingerprint density at radius 3 is 2.36 bits per heavy atom. The van der Waals surface area contributed by atoms with Gasteiger partial charge < -0.3 is 26.4 Å². The first kappa shape index (κ1) is 20.1. The number of nitrogens with one attached hydrogen (secondary N) is 3. The third-order valence-electron chi connectivity index (χ3n) is 5.25. The van der Waals surface area contributed by atoms with Crippen molar-refractivity contribution in [1.29, 1.82) is 0 Å². The molecule has 2 saturated carbocycles. The summed E-state index contributed by atoms with van der Waals surface area (Å²) in [4.78, 5) is 60.5. The van der Waals surface area contributed by atoms with Crippen LogP contribution in [0.1, 0.15) is 44.9 Å². The van der Waals surface area contributed by atoms with E-state index in [2.05, 4.69) is 16.0 Å². The number of hydrogen-bond donors (Lipinski definition) is 4. The summed E-state index contributed by atoms with van der Waals surface area (Å²) >= 11 is 0. The number of amides is 4. The van der Waals surface area contributed by atoms with Crippen molar-refractivity contribution in [3.63, 3.8) is 0 Å². The minimum atomic E-state index is -1.17. The van der Waals surface area contributed by atoms with E-state index < -0.39 is 41.8 Å². The molecule has 10 heteroatoms. The van der Waals surface area contributed by atoms with E-state index in [1.54, 1.807) is 0 Å². The van der Waals surface area contributed by atoms with Gasteiger partial charge in [-0.05, 0) is 38.0 Å². The molecule has 5 N–H and O–H groups in total. The maximum atomic E-state index is 12.6. The summed E-state index contributed by atoms with van der Waals surface area (Å²) in [6.45, 7) is 0.488. The molecule has 3 aliphatic rings. The van der Waals surface area contributed by atoms with E-state index in [9.17, 15) is 24.0 Å². The molecule has 0 aromatic carbocycles. The molecule has 2 aliphatic carbocycles. The maximum absolute atomic E-state index is 12.6. The fourth-order valence-corrected chi connectivity index (χ4v) is 3.30. The van der Waals surface area contributed by atoms with Crippen LogP contribution in [-0.4, -0.2) is 54.3 Å². The molecule has 0 radical (unpaired) electrons. The zero-order valence-electron chi connectivity index (χ0n) is 15.6. The Morgan fingerprint density at radius 2 is 1.82 bits per heavy atom. The molecule has 1 heterocycles. The lowest BCUT2D eigenvalue weighted by Gasteiger charge is -2.23. The van der Waals surface area contributed by atoms with Crippen LogP contribution in [0.15, 0.2) is 0 Å². The van der Waals surface area contributed by atoms with Crippen LogP contribution in [0.3, 0.4) is 0 Å². The largest absolute Gasteiger partial charge is 0.436 e. The first-order chi connectivity index (χ1) is 13.3. The summed E-state index contributed by atoms with van der Waals surface area (Å²) in [6, 6.07) is -1.18. The molecule has 0 bridgehead atoms. The molecule has 1 aliphatic heterocycles. The Balaban J connectivity index is 1.67. The van der Waals surface area contributed by atoms with Crippen molar-refractivity contribution in [2.24, 2.45) is 17.6 Å². The molecule has 3 fully saturated rings. The number of nitrogens with two attached hydrogens (primary N) is 1. The standard InChI is InChI=1S/C18H26N4O6/c19-18(27)28-13(7-9-1-2-9)16(25)22-12(8-10-5-6-20-15(10)24)14(23)17(26)21-11-3-4-11/h9-13H,1-8H2,(H2,19,27)(H,20,24)(H,21,26)(H,22,25)/t10-,12?,13?/m0/s1. The highest BCUT2D eigenvalue weighted by Crippen LogP contribution is 2.34. The van der Waals surface area contributed by atoms with Crippen LogP contribution in [0.4, 0.5) is 4.79 Å². The van der Waals surface area contributed by atoms with Gasteiger partial charge in [0.15, 0.2) is 6.10 Å². The third kappa shape index (κ3) is 5.67. The number of primary amides is 1. The predicted molar refractivity (Wildman–Crippen MR) is 95.6 cm³/mol. The fourth-order valence-electron chi connectivity index (χ4n) is 3.30. The smallest absolute Gasteiger partial charge is 0.405 e. The van der Waals surface area contributed by atoms with Gasteiger partial charge in [-0.15, -0.1) is 0 Å². The molecule has 0 aromatic rings. The topological polar surface area (TPSA) is 157 Å². The minimum Gasteiger partial charge on any atom is -0.436 e. The van der Waals surface area contributed by atoms with Gasteiger partial charge in [0.25, 0.3) is 11.8 Å². The molecule has 0 spiro atoms. The fraction of sp³-hybridized carbons (Fsp3) is 0.722. The first-order valence-electron chi connectivity index (χ1n) is 9.72. The Labute approximate surface area is 162 Å². The van der Waals surface area contributed by atoms with Gasteiger partial charge >= 0.3 is 6.09 Å². The number of hydrogen-bond acceptors (Lipinski definition) is 6.